The summed E-state index contributed by atoms with van der Waals surface area (Å²) in [6, 6.07) is 2.15. The van der Waals surface area contributed by atoms with Gasteiger partial charge >= 0.3 is 0 Å². The van der Waals surface area contributed by atoms with E-state index >= 15 is 0 Å². The number of rotatable bonds is 6. The van der Waals surface area contributed by atoms with Gasteiger partial charge < -0.3 is 10.8 Å². The van der Waals surface area contributed by atoms with Crippen LogP contribution in [0.4, 0.5) is 10.1 Å². The van der Waals surface area contributed by atoms with Crippen molar-refractivity contribution in [1.29, 1.82) is 0 Å². The van der Waals surface area contributed by atoms with Crippen LogP contribution < -0.4 is 10.5 Å². The maximum absolute atomic E-state index is 13.5. The van der Waals surface area contributed by atoms with Crippen LogP contribution in [0.5, 0.6) is 0 Å². The molecule has 0 heterocycles. The standard InChI is InChI=1S/C12H19FN2O3S/c1-3-9(16)4-5-15-19(17,18)10-6-11(13)8(2)12(14)7-10/h6-7,9,15-16H,3-5,14H2,1-2H3. The Hall–Kier alpha value is -1.18. The van der Waals surface area contributed by atoms with E-state index < -0.39 is 21.9 Å². The topological polar surface area (TPSA) is 92.4 Å². The third-order valence-electron chi connectivity index (χ3n) is 2.91. The summed E-state index contributed by atoms with van der Waals surface area (Å²) in [6.07, 6.45) is 0.301. The molecule has 1 atom stereocenters. The second-order valence-corrected chi connectivity index (χ2v) is 6.13. The van der Waals surface area contributed by atoms with Crippen molar-refractivity contribution in [3.8, 4) is 0 Å². The first-order chi connectivity index (χ1) is 8.77. The lowest BCUT2D eigenvalue weighted by Crippen LogP contribution is -2.27. The Labute approximate surface area is 112 Å². The van der Waals surface area contributed by atoms with Gasteiger partial charge in [0.05, 0.1) is 11.0 Å². The van der Waals surface area contributed by atoms with Crippen LogP contribution in [0.3, 0.4) is 0 Å². The van der Waals surface area contributed by atoms with Crippen LogP contribution in [0.15, 0.2) is 17.0 Å². The SMILES string of the molecule is CCC(O)CCNS(=O)(=O)c1cc(N)c(C)c(F)c1. The van der Waals surface area contributed by atoms with Gasteiger partial charge in [-0.05, 0) is 31.9 Å². The van der Waals surface area contributed by atoms with Crippen LogP contribution in [0, 0.1) is 12.7 Å². The summed E-state index contributed by atoms with van der Waals surface area (Å²) in [7, 11) is -3.81. The fourth-order valence-corrected chi connectivity index (χ4v) is 2.57. The summed E-state index contributed by atoms with van der Waals surface area (Å²) < 4.78 is 39.6. The fourth-order valence-electron chi connectivity index (χ4n) is 1.48. The third kappa shape index (κ3) is 4.15. The van der Waals surface area contributed by atoms with Gasteiger partial charge in [-0.2, -0.15) is 0 Å². The zero-order chi connectivity index (χ0) is 14.6. The summed E-state index contributed by atoms with van der Waals surface area (Å²) in [4.78, 5) is -0.209. The predicted octanol–water partition coefficient (Wildman–Crippen LogP) is 1.16. The van der Waals surface area contributed by atoms with E-state index in [9.17, 15) is 17.9 Å². The van der Waals surface area contributed by atoms with E-state index in [0.29, 0.717) is 12.8 Å². The molecule has 1 unspecified atom stereocenters. The number of halogens is 1. The summed E-state index contributed by atoms with van der Waals surface area (Å²) in [5, 5.41) is 9.34. The molecule has 0 radical (unpaired) electrons. The molecule has 5 nitrogen and oxygen atoms in total. The number of nitrogens with two attached hydrogens (primary N) is 1. The van der Waals surface area contributed by atoms with E-state index in [2.05, 4.69) is 4.72 Å². The minimum atomic E-state index is -3.81. The van der Waals surface area contributed by atoms with Crippen LogP contribution >= 0.6 is 0 Å². The molecular formula is C12H19FN2O3S. The second kappa shape index (κ2) is 6.31. The Morgan fingerprint density at radius 3 is 2.63 bits per heavy atom. The average molecular weight is 290 g/mol. The Balaban J connectivity index is 2.83. The van der Waals surface area contributed by atoms with Crippen molar-refractivity contribution in [1.82, 2.24) is 4.72 Å². The number of aliphatic hydroxyl groups is 1. The molecule has 108 valence electrons. The van der Waals surface area contributed by atoms with E-state index in [1.165, 1.54) is 13.0 Å². The molecule has 7 heteroatoms. The number of anilines is 1. The average Bonchev–Trinajstić information content (AvgIpc) is 2.34. The third-order valence-corrected chi connectivity index (χ3v) is 4.35. The van der Waals surface area contributed by atoms with E-state index in [1.54, 1.807) is 6.92 Å². The number of benzene rings is 1. The van der Waals surface area contributed by atoms with Crippen LogP contribution in [0.1, 0.15) is 25.3 Å². The van der Waals surface area contributed by atoms with Crippen molar-refractivity contribution in [3.63, 3.8) is 0 Å². The second-order valence-electron chi connectivity index (χ2n) is 4.37. The van der Waals surface area contributed by atoms with Crippen molar-refractivity contribution in [3.05, 3.63) is 23.5 Å². The lowest BCUT2D eigenvalue weighted by atomic mass is 10.2. The van der Waals surface area contributed by atoms with Crippen molar-refractivity contribution in [2.45, 2.75) is 37.7 Å². The van der Waals surface area contributed by atoms with Crippen molar-refractivity contribution >= 4 is 15.7 Å². The lowest BCUT2D eigenvalue weighted by Gasteiger charge is -2.11. The molecule has 0 aliphatic carbocycles. The van der Waals surface area contributed by atoms with Crippen molar-refractivity contribution in [2.75, 3.05) is 12.3 Å². The molecule has 1 rings (SSSR count). The maximum atomic E-state index is 13.5. The molecule has 1 aromatic rings. The van der Waals surface area contributed by atoms with E-state index in [4.69, 9.17) is 5.73 Å². The molecule has 0 aliphatic rings. The van der Waals surface area contributed by atoms with Crippen LogP contribution in [0.25, 0.3) is 0 Å². The molecular weight excluding hydrogens is 271 g/mol. The number of hydrogen-bond donors (Lipinski definition) is 3. The smallest absolute Gasteiger partial charge is 0.240 e. The van der Waals surface area contributed by atoms with Gasteiger partial charge in [-0.1, -0.05) is 6.92 Å². The minimum absolute atomic E-state index is 0.0900. The minimum Gasteiger partial charge on any atom is -0.398 e. The molecule has 4 N–H and O–H groups in total. The zero-order valence-corrected chi connectivity index (χ0v) is 11.8. The number of hydrogen-bond acceptors (Lipinski definition) is 4. The molecule has 0 saturated carbocycles. The molecule has 0 saturated heterocycles. The Kier molecular flexibility index (Phi) is 5.28. The molecule has 0 fully saturated rings. The number of aliphatic hydroxyl groups excluding tert-OH is 1. The highest BCUT2D eigenvalue weighted by Gasteiger charge is 2.17. The van der Waals surface area contributed by atoms with Crippen molar-refractivity contribution < 1.29 is 17.9 Å². The van der Waals surface area contributed by atoms with Gasteiger partial charge in [0, 0.05) is 17.8 Å². The quantitative estimate of drug-likeness (QED) is 0.685. The maximum Gasteiger partial charge on any atom is 0.240 e. The van der Waals surface area contributed by atoms with Gasteiger partial charge in [0.1, 0.15) is 5.82 Å². The van der Waals surface area contributed by atoms with E-state index in [1.807, 2.05) is 0 Å². The van der Waals surface area contributed by atoms with Crippen molar-refractivity contribution in [2.24, 2.45) is 0 Å². The molecule has 1 aromatic carbocycles. The van der Waals surface area contributed by atoms with Gasteiger partial charge in [0.2, 0.25) is 10.0 Å². The van der Waals surface area contributed by atoms with E-state index in [0.717, 1.165) is 6.07 Å². The Bertz CT molecular complexity index is 523. The molecule has 0 aromatic heterocycles. The Morgan fingerprint density at radius 1 is 1.47 bits per heavy atom. The van der Waals surface area contributed by atoms with Crippen LogP contribution in [-0.2, 0) is 10.0 Å². The fraction of sp³-hybridized carbons (Fsp3) is 0.500. The monoisotopic (exact) mass is 290 g/mol. The van der Waals surface area contributed by atoms with Gasteiger partial charge in [-0.25, -0.2) is 17.5 Å². The molecule has 0 spiro atoms. The van der Waals surface area contributed by atoms with Gasteiger partial charge in [-0.3, -0.25) is 0 Å². The summed E-state index contributed by atoms with van der Waals surface area (Å²) in [5.41, 5.74) is 5.86. The van der Waals surface area contributed by atoms with Gasteiger partial charge in [0.15, 0.2) is 0 Å². The largest absolute Gasteiger partial charge is 0.398 e. The highest BCUT2D eigenvalue weighted by Crippen LogP contribution is 2.20. The first-order valence-electron chi connectivity index (χ1n) is 6.01. The summed E-state index contributed by atoms with van der Waals surface area (Å²) in [5.74, 6) is -0.658. The van der Waals surface area contributed by atoms with Crippen LogP contribution in [-0.4, -0.2) is 26.2 Å². The summed E-state index contributed by atoms with van der Waals surface area (Å²) >= 11 is 0. The first kappa shape index (κ1) is 15.9. The summed E-state index contributed by atoms with van der Waals surface area (Å²) in [6.45, 7) is 3.37. The van der Waals surface area contributed by atoms with E-state index in [-0.39, 0.29) is 22.7 Å². The highest BCUT2D eigenvalue weighted by atomic mass is 32.2. The Morgan fingerprint density at radius 2 is 2.11 bits per heavy atom. The van der Waals surface area contributed by atoms with Crippen LogP contribution in [0.2, 0.25) is 0 Å². The number of nitrogens with one attached hydrogen (secondary N) is 1. The highest BCUT2D eigenvalue weighted by molar-refractivity contribution is 7.89. The molecule has 0 bridgehead atoms. The molecule has 19 heavy (non-hydrogen) atoms. The van der Waals surface area contributed by atoms with Gasteiger partial charge in [-0.15, -0.1) is 0 Å². The predicted molar refractivity (Wildman–Crippen MR) is 71.7 cm³/mol. The number of sulfonamides is 1. The normalized spacial score (nSPS) is 13.5. The first-order valence-corrected chi connectivity index (χ1v) is 7.49. The zero-order valence-electron chi connectivity index (χ0n) is 11.0. The van der Waals surface area contributed by atoms with Gasteiger partial charge in [0.25, 0.3) is 0 Å². The lowest BCUT2D eigenvalue weighted by molar-refractivity contribution is 0.162. The molecule has 0 amide bonds. The molecule has 0 aliphatic heterocycles. The number of nitrogen functional groups attached to an aromatic ring is 1.